The monoisotopic (exact) mass is 398 g/mol. The van der Waals surface area contributed by atoms with Crippen LogP contribution < -0.4 is 19.1 Å². The third-order valence-electron chi connectivity index (χ3n) is 4.86. The molecule has 3 rings (SSSR count). The summed E-state index contributed by atoms with van der Waals surface area (Å²) in [6, 6.07) is 12.8. The predicted octanol–water partition coefficient (Wildman–Crippen LogP) is 2.87. The van der Waals surface area contributed by atoms with Crippen LogP contribution in [0.1, 0.15) is 18.4 Å². The van der Waals surface area contributed by atoms with Crippen molar-refractivity contribution in [3.63, 3.8) is 0 Å². The van der Waals surface area contributed by atoms with Crippen molar-refractivity contribution in [1.82, 2.24) is 4.90 Å². The van der Waals surface area contributed by atoms with Gasteiger partial charge in [0.05, 0.1) is 14.2 Å². The molecule has 1 aliphatic rings. The molecule has 0 saturated carbocycles. The van der Waals surface area contributed by atoms with Gasteiger partial charge in [-0.1, -0.05) is 12.1 Å². The second-order valence-electron chi connectivity index (χ2n) is 6.87. The minimum atomic E-state index is -0.151. The van der Waals surface area contributed by atoms with Crippen molar-refractivity contribution < 1.29 is 23.8 Å². The second-order valence-corrected chi connectivity index (χ2v) is 6.87. The Kier molecular flexibility index (Phi) is 6.59. The first-order valence-corrected chi connectivity index (χ1v) is 9.50. The van der Waals surface area contributed by atoms with E-state index in [9.17, 15) is 9.59 Å². The van der Waals surface area contributed by atoms with Gasteiger partial charge in [0.15, 0.2) is 18.1 Å². The minimum absolute atomic E-state index is 0.0822. The summed E-state index contributed by atoms with van der Waals surface area (Å²) >= 11 is 0. The molecule has 7 nitrogen and oxygen atoms in total. The molecule has 2 amide bonds. The van der Waals surface area contributed by atoms with Crippen molar-refractivity contribution in [2.75, 3.05) is 39.3 Å². The van der Waals surface area contributed by atoms with Gasteiger partial charge < -0.3 is 24.0 Å². The highest BCUT2D eigenvalue weighted by atomic mass is 16.5. The number of ether oxygens (including phenoxy) is 3. The van der Waals surface area contributed by atoms with Crippen molar-refractivity contribution in [1.29, 1.82) is 0 Å². The number of methoxy groups -OCH3 is 2. The van der Waals surface area contributed by atoms with E-state index in [2.05, 4.69) is 0 Å². The van der Waals surface area contributed by atoms with Crippen LogP contribution in [0.3, 0.4) is 0 Å². The molecule has 1 heterocycles. The number of amides is 2. The molecular formula is C22H26N2O5. The molecule has 0 atom stereocenters. The number of anilines is 1. The van der Waals surface area contributed by atoms with Crippen LogP contribution in [0.2, 0.25) is 0 Å². The third-order valence-corrected chi connectivity index (χ3v) is 4.86. The number of rotatable bonds is 8. The Labute approximate surface area is 170 Å². The topological polar surface area (TPSA) is 68.3 Å². The van der Waals surface area contributed by atoms with Crippen molar-refractivity contribution in [2.45, 2.75) is 19.4 Å². The van der Waals surface area contributed by atoms with Gasteiger partial charge in [0, 0.05) is 38.3 Å². The van der Waals surface area contributed by atoms with Crippen molar-refractivity contribution >= 4 is 17.5 Å². The Morgan fingerprint density at radius 3 is 2.59 bits per heavy atom. The number of carbonyl (C=O) groups is 2. The molecular weight excluding hydrogens is 372 g/mol. The average Bonchev–Trinajstić information content (AvgIpc) is 3.17. The molecule has 2 aromatic rings. The fourth-order valence-corrected chi connectivity index (χ4v) is 3.26. The standard InChI is InChI=1S/C22H26N2O5/c1-23(14-16-9-10-19(27-2)20(12-16)28-3)22(26)15-29-18-7-4-6-17(13-18)24-11-5-8-21(24)25/h4,6-7,9-10,12-13H,5,8,11,14-15H2,1-3H3. The van der Waals surface area contributed by atoms with Gasteiger partial charge in [0.1, 0.15) is 5.75 Å². The van der Waals surface area contributed by atoms with Crippen molar-refractivity contribution in [3.05, 3.63) is 48.0 Å². The molecule has 29 heavy (non-hydrogen) atoms. The molecule has 0 N–H and O–H groups in total. The number of hydrogen-bond donors (Lipinski definition) is 0. The summed E-state index contributed by atoms with van der Waals surface area (Å²) in [7, 11) is 4.88. The SMILES string of the molecule is COc1ccc(CN(C)C(=O)COc2cccc(N3CCCC3=O)c2)cc1OC. The lowest BCUT2D eigenvalue weighted by atomic mass is 10.2. The average molecular weight is 398 g/mol. The molecule has 0 spiro atoms. The largest absolute Gasteiger partial charge is 0.493 e. The first-order chi connectivity index (χ1) is 14.0. The highest BCUT2D eigenvalue weighted by Crippen LogP contribution is 2.28. The van der Waals surface area contributed by atoms with E-state index in [1.807, 2.05) is 30.3 Å². The van der Waals surface area contributed by atoms with Crippen LogP contribution in [0.25, 0.3) is 0 Å². The Balaban J connectivity index is 1.57. The fraction of sp³-hybridized carbons (Fsp3) is 0.364. The molecule has 154 valence electrons. The van der Waals surface area contributed by atoms with E-state index in [1.54, 1.807) is 43.2 Å². The normalized spacial score (nSPS) is 13.3. The van der Waals surface area contributed by atoms with Gasteiger partial charge in [-0.2, -0.15) is 0 Å². The van der Waals surface area contributed by atoms with Crippen LogP contribution >= 0.6 is 0 Å². The van der Waals surface area contributed by atoms with Crippen LogP contribution in [0.5, 0.6) is 17.2 Å². The van der Waals surface area contributed by atoms with Crippen molar-refractivity contribution in [2.24, 2.45) is 0 Å². The number of benzene rings is 2. The quantitative estimate of drug-likeness (QED) is 0.684. The molecule has 0 aromatic heterocycles. The Morgan fingerprint density at radius 1 is 1.10 bits per heavy atom. The summed E-state index contributed by atoms with van der Waals surface area (Å²) in [6.45, 7) is 1.06. The highest BCUT2D eigenvalue weighted by molar-refractivity contribution is 5.95. The maximum atomic E-state index is 12.5. The first-order valence-electron chi connectivity index (χ1n) is 9.50. The van der Waals surface area contributed by atoms with E-state index in [-0.39, 0.29) is 18.4 Å². The molecule has 2 aromatic carbocycles. The summed E-state index contributed by atoms with van der Waals surface area (Å²) < 4.78 is 16.2. The smallest absolute Gasteiger partial charge is 0.260 e. The molecule has 1 aliphatic heterocycles. The minimum Gasteiger partial charge on any atom is -0.493 e. The van der Waals surface area contributed by atoms with E-state index in [4.69, 9.17) is 14.2 Å². The lowest BCUT2D eigenvalue weighted by molar-refractivity contribution is -0.132. The number of carbonyl (C=O) groups excluding carboxylic acids is 2. The van der Waals surface area contributed by atoms with Gasteiger partial charge in [0.25, 0.3) is 5.91 Å². The molecule has 0 radical (unpaired) electrons. The molecule has 1 fully saturated rings. The van der Waals surface area contributed by atoms with E-state index in [0.29, 0.717) is 30.2 Å². The van der Waals surface area contributed by atoms with Crippen molar-refractivity contribution in [3.8, 4) is 17.2 Å². The van der Waals surface area contributed by atoms with E-state index < -0.39 is 0 Å². The zero-order valence-electron chi connectivity index (χ0n) is 17.0. The van der Waals surface area contributed by atoms with Gasteiger partial charge >= 0.3 is 0 Å². The zero-order valence-corrected chi connectivity index (χ0v) is 17.0. The van der Waals surface area contributed by atoms with E-state index in [1.165, 1.54) is 0 Å². The van der Waals surface area contributed by atoms with E-state index >= 15 is 0 Å². The predicted molar refractivity (Wildman–Crippen MR) is 110 cm³/mol. The summed E-state index contributed by atoms with van der Waals surface area (Å²) in [6.07, 6.45) is 1.44. The maximum absolute atomic E-state index is 12.5. The molecule has 7 heteroatoms. The first kappa shape index (κ1) is 20.5. The van der Waals surface area contributed by atoms with E-state index in [0.717, 1.165) is 24.2 Å². The molecule has 1 saturated heterocycles. The van der Waals surface area contributed by atoms with Crippen LogP contribution in [0.15, 0.2) is 42.5 Å². The summed E-state index contributed by atoms with van der Waals surface area (Å²) in [5, 5.41) is 0. The number of likely N-dealkylation sites (N-methyl/N-ethyl adjacent to an activating group) is 1. The Morgan fingerprint density at radius 2 is 1.90 bits per heavy atom. The maximum Gasteiger partial charge on any atom is 0.260 e. The van der Waals surface area contributed by atoms with Crippen LogP contribution in [-0.2, 0) is 16.1 Å². The summed E-state index contributed by atoms with van der Waals surface area (Å²) in [5.41, 5.74) is 1.73. The summed E-state index contributed by atoms with van der Waals surface area (Å²) in [5.74, 6) is 1.80. The third kappa shape index (κ3) is 4.99. The van der Waals surface area contributed by atoms with Gasteiger partial charge in [-0.25, -0.2) is 0 Å². The number of nitrogens with zero attached hydrogens (tertiary/aromatic N) is 2. The van der Waals surface area contributed by atoms with Crippen LogP contribution in [-0.4, -0.2) is 51.1 Å². The van der Waals surface area contributed by atoms with Gasteiger partial charge in [-0.05, 0) is 36.2 Å². The zero-order chi connectivity index (χ0) is 20.8. The van der Waals surface area contributed by atoms with Gasteiger partial charge in [0.2, 0.25) is 5.91 Å². The molecule has 0 bridgehead atoms. The highest BCUT2D eigenvalue weighted by Gasteiger charge is 2.22. The van der Waals surface area contributed by atoms with Gasteiger partial charge in [-0.15, -0.1) is 0 Å². The summed E-state index contributed by atoms with van der Waals surface area (Å²) in [4.78, 5) is 27.7. The van der Waals surface area contributed by atoms with Crippen LogP contribution in [0.4, 0.5) is 5.69 Å². The van der Waals surface area contributed by atoms with Gasteiger partial charge in [-0.3, -0.25) is 9.59 Å². The molecule has 0 unspecified atom stereocenters. The lowest BCUT2D eigenvalue weighted by Gasteiger charge is -2.19. The number of hydrogen-bond acceptors (Lipinski definition) is 5. The Hall–Kier alpha value is -3.22. The lowest BCUT2D eigenvalue weighted by Crippen LogP contribution is -2.31. The fourth-order valence-electron chi connectivity index (χ4n) is 3.26. The Bertz CT molecular complexity index is 883. The second kappa shape index (κ2) is 9.32. The van der Waals surface area contributed by atoms with Crippen LogP contribution in [0, 0.1) is 0 Å². The molecule has 0 aliphatic carbocycles.